The van der Waals surface area contributed by atoms with E-state index in [2.05, 4.69) is 26.0 Å². The van der Waals surface area contributed by atoms with Gasteiger partial charge in [-0.05, 0) is 37.6 Å². The van der Waals surface area contributed by atoms with Crippen molar-refractivity contribution in [2.75, 3.05) is 12.4 Å². The molecule has 1 unspecified atom stereocenters. The summed E-state index contributed by atoms with van der Waals surface area (Å²) in [5.41, 5.74) is 2.02. The summed E-state index contributed by atoms with van der Waals surface area (Å²) < 4.78 is 5.66. The Labute approximate surface area is 97.9 Å². The maximum absolute atomic E-state index is 11.2. The number of carbonyl (C=O) groups excluding carboxylic acids is 1. The van der Waals surface area contributed by atoms with E-state index in [-0.39, 0.29) is 12.0 Å². The summed E-state index contributed by atoms with van der Waals surface area (Å²) >= 11 is 3.39. The largest absolute Gasteiger partial charge is 0.467 e. The molecule has 4 heteroatoms. The number of rotatable bonds is 3. The van der Waals surface area contributed by atoms with E-state index in [1.807, 2.05) is 25.1 Å². The summed E-state index contributed by atoms with van der Waals surface area (Å²) in [6, 6.07) is 5.51. The predicted molar refractivity (Wildman–Crippen MR) is 64.0 cm³/mol. The highest BCUT2D eigenvalue weighted by Crippen LogP contribution is 2.20. The highest BCUT2D eigenvalue weighted by molar-refractivity contribution is 9.10. The second kappa shape index (κ2) is 5.16. The lowest BCUT2D eigenvalue weighted by Gasteiger charge is -2.14. The molecule has 1 aromatic rings. The van der Waals surface area contributed by atoms with Gasteiger partial charge in [-0.1, -0.05) is 15.9 Å². The van der Waals surface area contributed by atoms with E-state index >= 15 is 0 Å². The van der Waals surface area contributed by atoms with Gasteiger partial charge in [0, 0.05) is 10.2 Å². The molecule has 0 saturated heterocycles. The van der Waals surface area contributed by atoms with E-state index in [0.29, 0.717) is 0 Å². The molecule has 82 valence electrons. The molecule has 1 N–H and O–H groups in total. The number of esters is 1. The average Bonchev–Trinajstić information content (AvgIpc) is 2.20. The molecule has 1 aromatic carbocycles. The van der Waals surface area contributed by atoms with E-state index in [4.69, 9.17) is 0 Å². The quantitative estimate of drug-likeness (QED) is 0.860. The molecule has 3 nitrogen and oxygen atoms in total. The van der Waals surface area contributed by atoms with Crippen LogP contribution in [0.1, 0.15) is 12.5 Å². The van der Waals surface area contributed by atoms with Crippen LogP contribution >= 0.6 is 15.9 Å². The zero-order valence-corrected chi connectivity index (χ0v) is 10.6. The van der Waals surface area contributed by atoms with Gasteiger partial charge in [-0.15, -0.1) is 0 Å². The molecule has 0 fully saturated rings. The third-order valence-electron chi connectivity index (χ3n) is 2.12. The van der Waals surface area contributed by atoms with E-state index < -0.39 is 0 Å². The Morgan fingerprint density at radius 1 is 1.53 bits per heavy atom. The number of halogens is 1. The SMILES string of the molecule is COC(=O)C(C)Nc1ccc(Br)cc1C. The Morgan fingerprint density at radius 2 is 2.20 bits per heavy atom. The number of anilines is 1. The standard InChI is InChI=1S/C11H14BrNO2/c1-7-6-9(12)4-5-10(7)13-8(2)11(14)15-3/h4-6,8,13H,1-3H3. The number of hydrogen-bond donors (Lipinski definition) is 1. The monoisotopic (exact) mass is 271 g/mol. The smallest absolute Gasteiger partial charge is 0.327 e. The molecule has 0 aromatic heterocycles. The van der Waals surface area contributed by atoms with Crippen molar-refractivity contribution in [1.29, 1.82) is 0 Å². The van der Waals surface area contributed by atoms with Gasteiger partial charge < -0.3 is 10.1 Å². The van der Waals surface area contributed by atoms with Crippen LogP contribution in [0.15, 0.2) is 22.7 Å². The zero-order chi connectivity index (χ0) is 11.4. The summed E-state index contributed by atoms with van der Waals surface area (Å²) in [4.78, 5) is 11.2. The van der Waals surface area contributed by atoms with Crippen molar-refractivity contribution >= 4 is 27.6 Å². The number of nitrogens with one attached hydrogen (secondary N) is 1. The van der Waals surface area contributed by atoms with Crippen molar-refractivity contribution in [2.45, 2.75) is 19.9 Å². The summed E-state index contributed by atoms with van der Waals surface area (Å²) in [5, 5.41) is 3.09. The number of methoxy groups -OCH3 is 1. The fourth-order valence-corrected chi connectivity index (χ4v) is 1.73. The number of benzene rings is 1. The first-order chi connectivity index (χ1) is 7.04. The lowest BCUT2D eigenvalue weighted by molar-refractivity contribution is -0.141. The average molecular weight is 272 g/mol. The number of carbonyl (C=O) groups is 1. The highest BCUT2D eigenvalue weighted by atomic mass is 79.9. The second-order valence-electron chi connectivity index (χ2n) is 3.35. The Balaban J connectivity index is 2.76. The van der Waals surface area contributed by atoms with Crippen molar-refractivity contribution in [2.24, 2.45) is 0 Å². The van der Waals surface area contributed by atoms with Crippen LogP contribution in [0.2, 0.25) is 0 Å². The highest BCUT2D eigenvalue weighted by Gasteiger charge is 2.13. The third kappa shape index (κ3) is 3.23. The van der Waals surface area contributed by atoms with Gasteiger partial charge in [-0.3, -0.25) is 0 Å². The molecule has 0 spiro atoms. The van der Waals surface area contributed by atoms with Gasteiger partial charge in [-0.2, -0.15) is 0 Å². The lowest BCUT2D eigenvalue weighted by atomic mass is 10.2. The summed E-state index contributed by atoms with van der Waals surface area (Å²) in [6.45, 7) is 3.75. The van der Waals surface area contributed by atoms with Gasteiger partial charge in [-0.25, -0.2) is 4.79 Å². The molecule has 0 aliphatic carbocycles. The first kappa shape index (κ1) is 12.0. The fraction of sp³-hybridized carbons (Fsp3) is 0.364. The van der Waals surface area contributed by atoms with E-state index in [1.165, 1.54) is 7.11 Å². The molecular formula is C11H14BrNO2. The van der Waals surface area contributed by atoms with Crippen molar-refractivity contribution in [1.82, 2.24) is 0 Å². The van der Waals surface area contributed by atoms with Crippen molar-refractivity contribution in [3.8, 4) is 0 Å². The van der Waals surface area contributed by atoms with Crippen molar-refractivity contribution in [3.05, 3.63) is 28.2 Å². The van der Waals surface area contributed by atoms with Crippen molar-refractivity contribution in [3.63, 3.8) is 0 Å². The molecule has 0 amide bonds. The molecule has 0 saturated carbocycles. The number of ether oxygens (including phenoxy) is 1. The number of hydrogen-bond acceptors (Lipinski definition) is 3. The van der Waals surface area contributed by atoms with Crippen LogP contribution in [0.5, 0.6) is 0 Å². The van der Waals surface area contributed by atoms with Gasteiger partial charge in [0.25, 0.3) is 0 Å². The summed E-state index contributed by atoms with van der Waals surface area (Å²) in [5.74, 6) is -0.266. The molecule has 0 bridgehead atoms. The lowest BCUT2D eigenvalue weighted by Crippen LogP contribution is -2.27. The van der Waals surface area contributed by atoms with Crippen LogP contribution in [0, 0.1) is 6.92 Å². The molecule has 0 aliphatic rings. The molecule has 0 radical (unpaired) electrons. The second-order valence-corrected chi connectivity index (χ2v) is 4.26. The molecule has 0 heterocycles. The molecule has 1 rings (SSSR count). The van der Waals surface area contributed by atoms with Crippen LogP contribution in [-0.4, -0.2) is 19.1 Å². The summed E-state index contributed by atoms with van der Waals surface area (Å²) in [7, 11) is 1.38. The van der Waals surface area contributed by atoms with E-state index in [1.54, 1.807) is 6.92 Å². The Hall–Kier alpha value is -1.03. The van der Waals surface area contributed by atoms with Gasteiger partial charge in [0.2, 0.25) is 0 Å². The first-order valence-electron chi connectivity index (χ1n) is 4.65. The minimum Gasteiger partial charge on any atom is -0.467 e. The van der Waals surface area contributed by atoms with Crippen LogP contribution in [0.3, 0.4) is 0 Å². The van der Waals surface area contributed by atoms with Crippen molar-refractivity contribution < 1.29 is 9.53 Å². The third-order valence-corrected chi connectivity index (χ3v) is 2.61. The van der Waals surface area contributed by atoms with Crippen LogP contribution in [0.4, 0.5) is 5.69 Å². The van der Waals surface area contributed by atoms with E-state index in [0.717, 1.165) is 15.7 Å². The molecular weight excluding hydrogens is 258 g/mol. The molecule has 0 aliphatic heterocycles. The van der Waals surface area contributed by atoms with Gasteiger partial charge >= 0.3 is 5.97 Å². The Morgan fingerprint density at radius 3 is 2.73 bits per heavy atom. The van der Waals surface area contributed by atoms with Gasteiger partial charge in [0.1, 0.15) is 6.04 Å². The van der Waals surface area contributed by atoms with Crippen LogP contribution in [0.25, 0.3) is 0 Å². The minimum absolute atomic E-state index is 0.266. The van der Waals surface area contributed by atoms with Crippen LogP contribution < -0.4 is 5.32 Å². The normalized spacial score (nSPS) is 12.0. The Bertz CT molecular complexity index is 366. The van der Waals surface area contributed by atoms with Crippen LogP contribution in [-0.2, 0) is 9.53 Å². The summed E-state index contributed by atoms with van der Waals surface area (Å²) in [6.07, 6.45) is 0. The zero-order valence-electron chi connectivity index (χ0n) is 9.00. The Kier molecular flexibility index (Phi) is 4.15. The topological polar surface area (TPSA) is 38.3 Å². The number of aryl methyl sites for hydroxylation is 1. The maximum atomic E-state index is 11.2. The maximum Gasteiger partial charge on any atom is 0.327 e. The molecule has 15 heavy (non-hydrogen) atoms. The minimum atomic E-state index is -0.338. The van der Waals surface area contributed by atoms with E-state index in [9.17, 15) is 4.79 Å². The predicted octanol–water partition coefficient (Wildman–Crippen LogP) is 2.73. The first-order valence-corrected chi connectivity index (χ1v) is 5.44. The molecule has 1 atom stereocenters. The fourth-order valence-electron chi connectivity index (χ4n) is 1.26. The van der Waals surface area contributed by atoms with Gasteiger partial charge in [0.05, 0.1) is 7.11 Å². The van der Waals surface area contributed by atoms with Gasteiger partial charge in [0.15, 0.2) is 0 Å².